The van der Waals surface area contributed by atoms with Gasteiger partial charge in [0.2, 0.25) is 5.13 Å². The number of hydrogen-bond acceptors (Lipinski definition) is 6. The molecule has 1 N–H and O–H groups in total. The number of urea groups is 1. The van der Waals surface area contributed by atoms with Crippen LogP contribution < -0.4 is 15.0 Å². The molecule has 1 aliphatic heterocycles. The van der Waals surface area contributed by atoms with E-state index < -0.39 is 0 Å². The molecule has 7 nitrogen and oxygen atoms in total. The lowest BCUT2D eigenvalue weighted by Gasteiger charge is -2.35. The normalized spacial score (nSPS) is 14.8. The van der Waals surface area contributed by atoms with E-state index in [0.29, 0.717) is 18.2 Å². The molecule has 2 heterocycles. The molecule has 0 unspecified atom stereocenters. The van der Waals surface area contributed by atoms with Gasteiger partial charge < -0.3 is 14.5 Å². The maximum absolute atomic E-state index is 12.1. The van der Waals surface area contributed by atoms with E-state index in [1.807, 2.05) is 18.2 Å². The second kappa shape index (κ2) is 6.61. The van der Waals surface area contributed by atoms with Crippen LogP contribution in [0.3, 0.4) is 0 Å². The molecule has 2 amide bonds. The summed E-state index contributed by atoms with van der Waals surface area (Å²) in [6.45, 7) is 2.91. The number of aromatic nitrogens is 2. The Balaban J connectivity index is 1.56. The fraction of sp³-hybridized carbons (Fsp3) is 0.357. The van der Waals surface area contributed by atoms with Gasteiger partial charge in [-0.2, -0.15) is 0 Å². The summed E-state index contributed by atoms with van der Waals surface area (Å²) in [7, 11) is 1.66. The quantitative estimate of drug-likeness (QED) is 0.935. The number of carbonyl (C=O) groups excluding carboxylic acids is 1. The van der Waals surface area contributed by atoms with Crippen molar-refractivity contribution in [3.8, 4) is 5.75 Å². The minimum atomic E-state index is -0.123. The molecule has 0 radical (unpaired) electrons. The Bertz CT molecular complexity index is 626. The summed E-state index contributed by atoms with van der Waals surface area (Å²) in [5.41, 5.74) is 2.71. The summed E-state index contributed by atoms with van der Waals surface area (Å²) >= 11 is 1.31. The third kappa shape index (κ3) is 3.28. The Morgan fingerprint density at radius 1 is 1.32 bits per heavy atom. The number of rotatable bonds is 3. The van der Waals surface area contributed by atoms with Crippen molar-refractivity contribution in [3.05, 3.63) is 29.8 Å². The number of hydrogen-bond donors (Lipinski definition) is 1. The molecule has 1 aromatic carbocycles. The van der Waals surface area contributed by atoms with Gasteiger partial charge in [0.1, 0.15) is 11.3 Å². The number of amides is 2. The Hall–Kier alpha value is -2.35. The van der Waals surface area contributed by atoms with Crippen LogP contribution in [0.1, 0.15) is 0 Å². The molecule has 0 atom stereocenters. The summed E-state index contributed by atoms with van der Waals surface area (Å²) in [5, 5.41) is 10.8. The summed E-state index contributed by atoms with van der Waals surface area (Å²) < 4.78 is 5.25. The fourth-order valence-corrected chi connectivity index (χ4v) is 2.81. The monoisotopic (exact) mass is 319 g/mol. The zero-order valence-electron chi connectivity index (χ0n) is 12.2. The topological polar surface area (TPSA) is 70.6 Å². The standard InChI is InChI=1S/C14H17N5O2S/c1-21-12-4-2-3-11(9-12)18-5-7-19(8-6-18)14(20)16-13-17-15-10-22-13/h2-4,9-10H,5-8H2,1H3,(H,16,17,20). The van der Waals surface area contributed by atoms with Gasteiger partial charge in [-0.1, -0.05) is 17.4 Å². The van der Waals surface area contributed by atoms with Crippen molar-refractivity contribution < 1.29 is 9.53 Å². The van der Waals surface area contributed by atoms with Gasteiger partial charge in [0.25, 0.3) is 0 Å². The van der Waals surface area contributed by atoms with Crippen LogP contribution in [0.2, 0.25) is 0 Å². The van der Waals surface area contributed by atoms with E-state index in [9.17, 15) is 4.79 Å². The van der Waals surface area contributed by atoms with Crippen molar-refractivity contribution in [1.29, 1.82) is 0 Å². The predicted octanol–water partition coefficient (Wildman–Crippen LogP) is 1.90. The number of nitrogens with one attached hydrogen (secondary N) is 1. The molecule has 116 valence electrons. The molecule has 3 rings (SSSR count). The van der Waals surface area contributed by atoms with Gasteiger partial charge in [-0.05, 0) is 12.1 Å². The van der Waals surface area contributed by atoms with E-state index in [0.717, 1.165) is 24.5 Å². The smallest absolute Gasteiger partial charge is 0.323 e. The number of nitrogens with zero attached hydrogens (tertiary/aromatic N) is 4. The number of carbonyl (C=O) groups is 1. The Labute approximate surface area is 132 Å². The number of benzene rings is 1. The highest BCUT2D eigenvalue weighted by Gasteiger charge is 2.22. The van der Waals surface area contributed by atoms with Crippen LogP contribution in [0.5, 0.6) is 5.75 Å². The first-order valence-corrected chi connectivity index (χ1v) is 7.85. The van der Waals surface area contributed by atoms with E-state index >= 15 is 0 Å². The minimum Gasteiger partial charge on any atom is -0.497 e. The molecule has 0 bridgehead atoms. The molecule has 1 saturated heterocycles. The molecule has 0 aliphatic carbocycles. The number of ether oxygens (including phenoxy) is 1. The summed E-state index contributed by atoms with van der Waals surface area (Å²) in [4.78, 5) is 16.2. The fourth-order valence-electron chi connectivity index (χ4n) is 2.37. The lowest BCUT2D eigenvalue weighted by molar-refractivity contribution is 0.208. The van der Waals surface area contributed by atoms with Gasteiger partial charge in [0.05, 0.1) is 7.11 Å². The minimum absolute atomic E-state index is 0.123. The predicted molar refractivity (Wildman–Crippen MR) is 85.7 cm³/mol. The van der Waals surface area contributed by atoms with E-state index in [2.05, 4.69) is 26.5 Å². The van der Waals surface area contributed by atoms with Gasteiger partial charge >= 0.3 is 6.03 Å². The highest BCUT2D eigenvalue weighted by Crippen LogP contribution is 2.22. The maximum atomic E-state index is 12.1. The summed E-state index contributed by atoms with van der Waals surface area (Å²) in [6.07, 6.45) is 0. The van der Waals surface area contributed by atoms with Crippen LogP contribution in [0.15, 0.2) is 29.8 Å². The molecule has 2 aromatic rings. The summed E-state index contributed by atoms with van der Waals surface area (Å²) in [6, 6.07) is 7.84. The van der Waals surface area contributed by atoms with Crippen LogP contribution in [0, 0.1) is 0 Å². The second-order valence-electron chi connectivity index (χ2n) is 4.85. The SMILES string of the molecule is COc1cccc(N2CCN(C(=O)Nc3nncs3)CC2)c1. The average Bonchev–Trinajstić information content (AvgIpc) is 3.08. The van der Waals surface area contributed by atoms with E-state index in [1.165, 1.54) is 11.3 Å². The molecule has 1 aliphatic rings. The first-order chi connectivity index (χ1) is 10.8. The van der Waals surface area contributed by atoms with Crippen molar-refractivity contribution in [2.24, 2.45) is 0 Å². The molecule has 8 heteroatoms. The van der Waals surface area contributed by atoms with E-state index in [1.54, 1.807) is 17.5 Å². The lowest BCUT2D eigenvalue weighted by atomic mass is 10.2. The van der Waals surface area contributed by atoms with Crippen molar-refractivity contribution in [1.82, 2.24) is 15.1 Å². The number of methoxy groups -OCH3 is 1. The highest BCUT2D eigenvalue weighted by molar-refractivity contribution is 7.13. The van der Waals surface area contributed by atoms with Gasteiger partial charge in [-0.3, -0.25) is 5.32 Å². The van der Waals surface area contributed by atoms with Gasteiger partial charge in [-0.15, -0.1) is 10.2 Å². The van der Waals surface area contributed by atoms with E-state index in [4.69, 9.17) is 4.74 Å². The zero-order valence-corrected chi connectivity index (χ0v) is 13.0. The molecule has 0 spiro atoms. The average molecular weight is 319 g/mol. The first-order valence-electron chi connectivity index (χ1n) is 6.97. The number of anilines is 2. The van der Waals surface area contributed by atoms with Crippen LogP contribution in [-0.4, -0.2) is 54.4 Å². The Morgan fingerprint density at radius 3 is 2.82 bits per heavy atom. The van der Waals surface area contributed by atoms with E-state index in [-0.39, 0.29) is 6.03 Å². The highest BCUT2D eigenvalue weighted by atomic mass is 32.1. The number of piperazine rings is 1. The van der Waals surface area contributed by atoms with Crippen LogP contribution in [0.25, 0.3) is 0 Å². The lowest BCUT2D eigenvalue weighted by Crippen LogP contribution is -2.50. The van der Waals surface area contributed by atoms with Gasteiger partial charge in [0, 0.05) is 37.9 Å². The third-order valence-corrected chi connectivity index (χ3v) is 4.17. The van der Waals surface area contributed by atoms with Crippen molar-refractivity contribution >= 4 is 28.2 Å². The molecule has 1 fully saturated rings. The van der Waals surface area contributed by atoms with Crippen LogP contribution in [-0.2, 0) is 0 Å². The molecule has 22 heavy (non-hydrogen) atoms. The van der Waals surface area contributed by atoms with Crippen molar-refractivity contribution in [2.45, 2.75) is 0 Å². The molecule has 0 saturated carbocycles. The zero-order chi connectivity index (χ0) is 15.4. The molecular weight excluding hydrogens is 302 g/mol. The summed E-state index contributed by atoms with van der Waals surface area (Å²) in [5.74, 6) is 0.842. The van der Waals surface area contributed by atoms with Gasteiger partial charge in [-0.25, -0.2) is 4.79 Å². The van der Waals surface area contributed by atoms with Crippen LogP contribution in [0.4, 0.5) is 15.6 Å². The second-order valence-corrected chi connectivity index (χ2v) is 5.68. The first kappa shape index (κ1) is 14.6. The van der Waals surface area contributed by atoms with Crippen molar-refractivity contribution in [3.63, 3.8) is 0 Å². The van der Waals surface area contributed by atoms with Crippen LogP contribution >= 0.6 is 11.3 Å². The Morgan fingerprint density at radius 2 is 2.14 bits per heavy atom. The molecule has 1 aromatic heterocycles. The van der Waals surface area contributed by atoms with Crippen molar-refractivity contribution in [2.75, 3.05) is 43.5 Å². The maximum Gasteiger partial charge on any atom is 0.323 e. The largest absolute Gasteiger partial charge is 0.497 e. The molecular formula is C14H17N5O2S. The Kier molecular flexibility index (Phi) is 4.38. The van der Waals surface area contributed by atoms with Gasteiger partial charge in [0.15, 0.2) is 0 Å². The third-order valence-electron chi connectivity index (χ3n) is 3.56.